The second kappa shape index (κ2) is 8.78. The SMILES string of the molecule is Cc1oc(-c2ccc3ccccc3c2)nc1CCOc1ccc(CN2OC(=O)CC2=O)cc1. The molecule has 0 unspecified atom stereocenters. The van der Waals surface area contributed by atoms with E-state index < -0.39 is 5.97 Å². The fourth-order valence-electron chi connectivity index (χ4n) is 3.77. The van der Waals surface area contributed by atoms with Crippen LogP contribution in [0.15, 0.2) is 71.1 Å². The fourth-order valence-corrected chi connectivity index (χ4v) is 3.77. The van der Waals surface area contributed by atoms with Gasteiger partial charge in [-0.2, -0.15) is 5.06 Å². The van der Waals surface area contributed by atoms with E-state index in [4.69, 9.17) is 14.0 Å². The van der Waals surface area contributed by atoms with Gasteiger partial charge in [-0.05, 0) is 47.5 Å². The summed E-state index contributed by atoms with van der Waals surface area (Å²) in [5, 5.41) is 3.40. The number of nitrogens with zero attached hydrogens (tertiary/aromatic N) is 2. The third kappa shape index (κ3) is 4.57. The molecular formula is C26H22N2O5. The molecule has 5 rings (SSSR count). The van der Waals surface area contributed by atoms with E-state index in [1.165, 1.54) is 5.39 Å². The lowest BCUT2D eigenvalue weighted by Gasteiger charge is -2.13. The Morgan fingerprint density at radius 1 is 1.00 bits per heavy atom. The molecule has 1 aliphatic rings. The van der Waals surface area contributed by atoms with Crippen LogP contribution in [-0.4, -0.2) is 28.5 Å². The Balaban J connectivity index is 1.18. The number of aromatic nitrogens is 1. The smallest absolute Gasteiger partial charge is 0.342 e. The van der Waals surface area contributed by atoms with Crippen LogP contribution in [-0.2, 0) is 27.4 Å². The molecule has 2 heterocycles. The molecule has 0 bridgehead atoms. The van der Waals surface area contributed by atoms with Crippen LogP contribution in [0.4, 0.5) is 0 Å². The number of aryl methyl sites for hydroxylation is 1. The van der Waals surface area contributed by atoms with Gasteiger partial charge in [0.1, 0.15) is 17.9 Å². The monoisotopic (exact) mass is 442 g/mol. The van der Waals surface area contributed by atoms with E-state index in [0.717, 1.165) is 33.0 Å². The van der Waals surface area contributed by atoms with Crippen LogP contribution in [0.1, 0.15) is 23.4 Å². The number of oxazole rings is 1. The maximum absolute atomic E-state index is 11.7. The highest BCUT2D eigenvalue weighted by atomic mass is 16.7. The lowest BCUT2D eigenvalue weighted by molar-refractivity contribution is -0.180. The minimum absolute atomic E-state index is 0.203. The zero-order valence-corrected chi connectivity index (χ0v) is 18.1. The predicted octanol–water partition coefficient (Wildman–Crippen LogP) is 4.62. The maximum Gasteiger partial charge on any atom is 0.342 e. The molecule has 0 atom stereocenters. The first kappa shape index (κ1) is 20.8. The van der Waals surface area contributed by atoms with Gasteiger partial charge in [-0.25, -0.2) is 9.78 Å². The third-order valence-corrected chi connectivity index (χ3v) is 5.53. The largest absolute Gasteiger partial charge is 0.493 e. The number of hydrogen-bond acceptors (Lipinski definition) is 6. The fraction of sp³-hybridized carbons (Fsp3) is 0.192. The first-order valence-electron chi connectivity index (χ1n) is 10.7. The predicted molar refractivity (Wildman–Crippen MR) is 121 cm³/mol. The lowest BCUT2D eigenvalue weighted by atomic mass is 10.1. The molecule has 0 N–H and O–H groups in total. The van der Waals surface area contributed by atoms with Crippen molar-refractivity contribution in [2.24, 2.45) is 0 Å². The molecule has 1 saturated heterocycles. The van der Waals surface area contributed by atoms with E-state index >= 15 is 0 Å². The minimum Gasteiger partial charge on any atom is -0.493 e. The standard InChI is InChI=1S/C26H22N2O5/c1-17-23(27-26(32-17)21-9-8-19-4-2-3-5-20(19)14-21)12-13-31-22-10-6-18(7-11-22)16-28-24(29)15-25(30)33-28/h2-11,14H,12-13,15-16H2,1H3. The molecular weight excluding hydrogens is 420 g/mol. The first-order valence-corrected chi connectivity index (χ1v) is 10.7. The first-order chi connectivity index (χ1) is 16.0. The molecule has 0 saturated carbocycles. The average molecular weight is 442 g/mol. The molecule has 166 valence electrons. The Morgan fingerprint density at radius 3 is 2.55 bits per heavy atom. The highest BCUT2D eigenvalue weighted by Gasteiger charge is 2.29. The summed E-state index contributed by atoms with van der Waals surface area (Å²) < 4.78 is 11.8. The number of hydroxylamine groups is 2. The minimum atomic E-state index is -0.521. The lowest BCUT2D eigenvalue weighted by Crippen LogP contribution is -2.22. The van der Waals surface area contributed by atoms with Crippen LogP contribution in [0.5, 0.6) is 5.75 Å². The Hall–Kier alpha value is -4.13. The number of carbonyl (C=O) groups excluding carboxylic acids is 2. The highest BCUT2D eigenvalue weighted by molar-refractivity contribution is 5.98. The Labute approximate surface area is 190 Å². The highest BCUT2D eigenvalue weighted by Crippen LogP contribution is 2.26. The zero-order valence-electron chi connectivity index (χ0n) is 18.1. The molecule has 3 aromatic carbocycles. The molecule has 0 radical (unpaired) electrons. The number of benzene rings is 3. The van der Waals surface area contributed by atoms with Gasteiger partial charge in [0.2, 0.25) is 5.89 Å². The van der Waals surface area contributed by atoms with Crippen LogP contribution in [0.25, 0.3) is 22.2 Å². The van der Waals surface area contributed by atoms with Crippen molar-refractivity contribution in [3.05, 3.63) is 83.7 Å². The molecule has 7 nitrogen and oxygen atoms in total. The van der Waals surface area contributed by atoms with Crippen LogP contribution in [0.2, 0.25) is 0 Å². The molecule has 1 aromatic heterocycles. The molecule has 1 aliphatic heterocycles. The van der Waals surface area contributed by atoms with E-state index in [9.17, 15) is 9.59 Å². The van der Waals surface area contributed by atoms with Crippen molar-refractivity contribution in [2.75, 3.05) is 6.61 Å². The van der Waals surface area contributed by atoms with Crippen LogP contribution >= 0.6 is 0 Å². The van der Waals surface area contributed by atoms with E-state index in [1.54, 1.807) is 0 Å². The summed E-state index contributed by atoms with van der Waals surface area (Å²) in [5.41, 5.74) is 2.66. The third-order valence-electron chi connectivity index (χ3n) is 5.53. The summed E-state index contributed by atoms with van der Waals surface area (Å²) in [5.74, 6) is 1.24. The summed E-state index contributed by atoms with van der Waals surface area (Å²) in [7, 11) is 0. The summed E-state index contributed by atoms with van der Waals surface area (Å²) in [6, 6.07) is 21.7. The summed E-state index contributed by atoms with van der Waals surface area (Å²) in [6.45, 7) is 2.58. The number of fused-ring (bicyclic) bond motifs is 1. The Morgan fingerprint density at radius 2 is 1.79 bits per heavy atom. The molecule has 33 heavy (non-hydrogen) atoms. The van der Waals surface area contributed by atoms with E-state index in [0.29, 0.717) is 24.7 Å². The van der Waals surface area contributed by atoms with Gasteiger partial charge in [0.05, 0.1) is 18.8 Å². The second-order valence-corrected chi connectivity index (χ2v) is 7.90. The topological polar surface area (TPSA) is 81.9 Å². The van der Waals surface area contributed by atoms with Gasteiger partial charge in [-0.1, -0.05) is 42.5 Å². The normalized spacial score (nSPS) is 13.5. The van der Waals surface area contributed by atoms with E-state index in [2.05, 4.69) is 29.2 Å². The molecule has 4 aromatic rings. The van der Waals surface area contributed by atoms with Crippen LogP contribution < -0.4 is 4.74 Å². The van der Waals surface area contributed by atoms with Gasteiger partial charge in [0.15, 0.2) is 0 Å². The van der Waals surface area contributed by atoms with Gasteiger partial charge >= 0.3 is 5.97 Å². The Kier molecular flexibility index (Phi) is 5.52. The number of carbonyl (C=O) groups is 2. The van der Waals surface area contributed by atoms with Gasteiger partial charge in [0.25, 0.3) is 5.91 Å². The van der Waals surface area contributed by atoms with Crippen molar-refractivity contribution >= 4 is 22.6 Å². The quantitative estimate of drug-likeness (QED) is 0.389. The zero-order chi connectivity index (χ0) is 22.8. The molecule has 7 heteroatoms. The van der Waals surface area contributed by atoms with E-state index in [1.807, 2.05) is 49.4 Å². The van der Waals surface area contributed by atoms with Crippen molar-refractivity contribution in [2.45, 2.75) is 26.3 Å². The van der Waals surface area contributed by atoms with Gasteiger partial charge in [-0.3, -0.25) is 4.79 Å². The van der Waals surface area contributed by atoms with E-state index in [-0.39, 0.29) is 18.9 Å². The average Bonchev–Trinajstić information content (AvgIpc) is 3.35. The number of hydrogen-bond donors (Lipinski definition) is 0. The van der Waals surface area contributed by atoms with Crippen molar-refractivity contribution in [3.63, 3.8) is 0 Å². The van der Waals surface area contributed by atoms with Crippen molar-refractivity contribution in [3.8, 4) is 17.2 Å². The van der Waals surface area contributed by atoms with Gasteiger partial charge < -0.3 is 14.0 Å². The molecule has 0 spiro atoms. The summed E-state index contributed by atoms with van der Waals surface area (Å²) in [6.07, 6.45) is 0.411. The van der Waals surface area contributed by atoms with Crippen LogP contribution in [0, 0.1) is 6.92 Å². The Bertz CT molecular complexity index is 1330. The second-order valence-electron chi connectivity index (χ2n) is 7.90. The maximum atomic E-state index is 11.7. The van der Waals surface area contributed by atoms with Gasteiger partial charge in [-0.15, -0.1) is 0 Å². The summed E-state index contributed by atoms with van der Waals surface area (Å²) in [4.78, 5) is 32.4. The number of rotatable bonds is 7. The van der Waals surface area contributed by atoms with Crippen molar-refractivity contribution in [1.82, 2.24) is 10.0 Å². The van der Waals surface area contributed by atoms with Crippen molar-refractivity contribution in [1.29, 1.82) is 0 Å². The van der Waals surface area contributed by atoms with Crippen LogP contribution in [0.3, 0.4) is 0 Å². The van der Waals surface area contributed by atoms with Gasteiger partial charge in [0, 0.05) is 12.0 Å². The number of ether oxygens (including phenoxy) is 1. The summed E-state index contributed by atoms with van der Waals surface area (Å²) >= 11 is 0. The molecule has 1 fully saturated rings. The number of amides is 1. The molecule has 0 aliphatic carbocycles. The molecule has 1 amide bonds. The van der Waals surface area contributed by atoms with Crippen molar-refractivity contribution < 1.29 is 23.6 Å².